The molecule has 2 aliphatic rings. The molecule has 0 bridgehead atoms. The van der Waals surface area contributed by atoms with Crippen LogP contribution in [0.4, 0.5) is 10.6 Å². The van der Waals surface area contributed by atoms with E-state index in [9.17, 15) is 4.79 Å². The molecule has 1 atom stereocenters. The molecule has 0 unspecified atom stereocenters. The van der Waals surface area contributed by atoms with Gasteiger partial charge in [-0.25, -0.2) is 4.79 Å². The van der Waals surface area contributed by atoms with E-state index in [0.29, 0.717) is 6.04 Å². The van der Waals surface area contributed by atoms with Crippen LogP contribution in [0.15, 0.2) is 24.3 Å². The van der Waals surface area contributed by atoms with Crippen LogP contribution in [0.1, 0.15) is 19.8 Å². The van der Waals surface area contributed by atoms with E-state index in [0.717, 1.165) is 58.1 Å². The zero-order valence-electron chi connectivity index (χ0n) is 15.4. The van der Waals surface area contributed by atoms with Gasteiger partial charge in [-0.3, -0.25) is 0 Å². The van der Waals surface area contributed by atoms with Crippen molar-refractivity contribution in [3.63, 3.8) is 0 Å². The summed E-state index contributed by atoms with van der Waals surface area (Å²) in [6.07, 6.45) is 2.24. The monoisotopic (exact) mass is 373 g/mol. The Hall–Kier alpha value is -1.86. The van der Waals surface area contributed by atoms with Gasteiger partial charge in [0, 0.05) is 50.7 Å². The average Bonchev–Trinajstić information content (AvgIpc) is 3.29. The maximum absolute atomic E-state index is 12.6. The van der Waals surface area contributed by atoms with Crippen molar-refractivity contribution in [3.8, 4) is 0 Å². The first-order chi connectivity index (χ1) is 12.7. The Morgan fingerprint density at radius 1 is 1.23 bits per heavy atom. The molecule has 0 radical (unpaired) electrons. The standard InChI is InChI=1S/C19H27N5OS/c1-2-8-22-9-7-15(14-22)20-19(25)24-12-10-23(11-13-24)18-16-5-3-4-6-17(16)26-21-18/h3-6,15H,2,7-14H2,1H3,(H,20,25)/t15-/m1/s1. The number of piperazine rings is 1. The van der Waals surface area contributed by atoms with Crippen molar-refractivity contribution in [3.05, 3.63) is 24.3 Å². The lowest BCUT2D eigenvalue weighted by Gasteiger charge is -2.35. The van der Waals surface area contributed by atoms with Crippen molar-refractivity contribution >= 4 is 33.5 Å². The number of nitrogens with zero attached hydrogens (tertiary/aromatic N) is 4. The molecular weight excluding hydrogens is 346 g/mol. The second-order valence-corrected chi connectivity index (χ2v) is 8.02. The van der Waals surface area contributed by atoms with E-state index >= 15 is 0 Å². The average molecular weight is 374 g/mol. The Kier molecular flexibility index (Phi) is 5.26. The fourth-order valence-electron chi connectivity index (χ4n) is 3.96. The summed E-state index contributed by atoms with van der Waals surface area (Å²) in [5, 5.41) is 4.45. The van der Waals surface area contributed by atoms with E-state index in [1.165, 1.54) is 16.5 Å². The summed E-state index contributed by atoms with van der Waals surface area (Å²) in [6, 6.07) is 8.76. The van der Waals surface area contributed by atoms with Crippen LogP contribution in [-0.4, -0.2) is 72.1 Å². The molecular formula is C19H27N5OS. The molecule has 3 heterocycles. The molecule has 0 aliphatic carbocycles. The lowest BCUT2D eigenvalue weighted by atomic mass is 10.2. The van der Waals surface area contributed by atoms with Gasteiger partial charge >= 0.3 is 6.03 Å². The van der Waals surface area contributed by atoms with Crippen molar-refractivity contribution in [2.75, 3.05) is 50.7 Å². The number of rotatable bonds is 4. The van der Waals surface area contributed by atoms with Crippen LogP contribution in [0, 0.1) is 0 Å². The third kappa shape index (κ3) is 3.64. The van der Waals surface area contributed by atoms with Crippen LogP contribution in [0.5, 0.6) is 0 Å². The zero-order chi connectivity index (χ0) is 17.9. The largest absolute Gasteiger partial charge is 0.352 e. The third-order valence-electron chi connectivity index (χ3n) is 5.36. The Morgan fingerprint density at radius 3 is 2.85 bits per heavy atom. The van der Waals surface area contributed by atoms with Crippen molar-refractivity contribution < 1.29 is 4.79 Å². The third-order valence-corrected chi connectivity index (χ3v) is 6.18. The predicted octanol–water partition coefficient (Wildman–Crippen LogP) is 2.61. The van der Waals surface area contributed by atoms with E-state index in [1.54, 1.807) is 11.5 Å². The molecule has 2 aromatic rings. The number of aromatic nitrogens is 1. The molecule has 0 spiro atoms. The van der Waals surface area contributed by atoms with Gasteiger partial charge in [0.2, 0.25) is 0 Å². The van der Waals surface area contributed by atoms with E-state index in [4.69, 9.17) is 0 Å². The number of urea groups is 1. The number of nitrogens with one attached hydrogen (secondary N) is 1. The van der Waals surface area contributed by atoms with Gasteiger partial charge in [0.1, 0.15) is 5.82 Å². The number of anilines is 1. The summed E-state index contributed by atoms with van der Waals surface area (Å²) in [4.78, 5) is 19.3. The second-order valence-electron chi connectivity index (χ2n) is 7.21. The molecule has 6 nitrogen and oxygen atoms in total. The summed E-state index contributed by atoms with van der Waals surface area (Å²) < 4.78 is 5.86. The van der Waals surface area contributed by atoms with Gasteiger partial charge in [-0.1, -0.05) is 19.1 Å². The predicted molar refractivity (Wildman–Crippen MR) is 107 cm³/mol. The highest BCUT2D eigenvalue weighted by molar-refractivity contribution is 7.13. The summed E-state index contributed by atoms with van der Waals surface area (Å²) in [5.74, 6) is 1.07. The molecule has 4 rings (SSSR count). The Balaban J connectivity index is 1.30. The summed E-state index contributed by atoms with van der Waals surface area (Å²) >= 11 is 1.55. The highest BCUT2D eigenvalue weighted by Crippen LogP contribution is 2.29. The molecule has 1 aromatic heterocycles. The van der Waals surface area contributed by atoms with Gasteiger partial charge in [0.25, 0.3) is 0 Å². The lowest BCUT2D eigenvalue weighted by molar-refractivity contribution is 0.190. The second kappa shape index (κ2) is 7.80. The molecule has 2 amide bonds. The lowest BCUT2D eigenvalue weighted by Crippen LogP contribution is -2.54. The minimum absolute atomic E-state index is 0.0936. The first kappa shape index (κ1) is 17.5. The maximum Gasteiger partial charge on any atom is 0.317 e. The van der Waals surface area contributed by atoms with Gasteiger partial charge in [-0.15, -0.1) is 0 Å². The molecule has 1 N–H and O–H groups in total. The first-order valence-electron chi connectivity index (χ1n) is 9.61. The van der Waals surface area contributed by atoms with Crippen molar-refractivity contribution in [2.45, 2.75) is 25.8 Å². The van der Waals surface area contributed by atoms with Crippen molar-refractivity contribution in [1.82, 2.24) is 19.5 Å². The fourth-order valence-corrected chi connectivity index (χ4v) is 4.75. The molecule has 1 aromatic carbocycles. The van der Waals surface area contributed by atoms with Crippen LogP contribution in [0.3, 0.4) is 0 Å². The van der Waals surface area contributed by atoms with Gasteiger partial charge in [0.05, 0.1) is 4.70 Å². The molecule has 2 aliphatic heterocycles. The van der Waals surface area contributed by atoms with Crippen LogP contribution >= 0.6 is 11.5 Å². The summed E-state index contributed by atoms with van der Waals surface area (Å²) in [6.45, 7) is 8.62. The van der Waals surface area contributed by atoms with Gasteiger partial charge < -0.3 is 20.0 Å². The number of carbonyl (C=O) groups excluding carboxylic acids is 1. The SMILES string of the molecule is CCCN1CC[C@@H](NC(=O)N2CCN(c3nsc4ccccc34)CC2)C1. The topological polar surface area (TPSA) is 51.7 Å². The first-order valence-corrected chi connectivity index (χ1v) is 10.4. The van der Waals surface area contributed by atoms with Crippen LogP contribution in [0.25, 0.3) is 10.1 Å². The number of hydrogen-bond donors (Lipinski definition) is 1. The number of carbonyl (C=O) groups is 1. The van der Waals surface area contributed by atoms with Crippen LogP contribution < -0.4 is 10.2 Å². The van der Waals surface area contributed by atoms with Crippen molar-refractivity contribution in [1.29, 1.82) is 0 Å². The highest BCUT2D eigenvalue weighted by Gasteiger charge is 2.27. The molecule has 2 saturated heterocycles. The van der Waals surface area contributed by atoms with E-state index in [2.05, 4.69) is 50.7 Å². The summed E-state index contributed by atoms with van der Waals surface area (Å²) in [5.41, 5.74) is 0. The number of fused-ring (bicyclic) bond motifs is 1. The van der Waals surface area contributed by atoms with Gasteiger partial charge in [-0.05, 0) is 43.1 Å². The fraction of sp³-hybridized carbons (Fsp3) is 0.579. The molecule has 7 heteroatoms. The van der Waals surface area contributed by atoms with Crippen LogP contribution in [0.2, 0.25) is 0 Å². The minimum Gasteiger partial charge on any atom is -0.352 e. The molecule has 26 heavy (non-hydrogen) atoms. The highest BCUT2D eigenvalue weighted by atomic mass is 32.1. The Labute approximate surface area is 158 Å². The van der Waals surface area contributed by atoms with E-state index in [1.807, 2.05) is 4.90 Å². The molecule has 140 valence electrons. The van der Waals surface area contributed by atoms with Crippen LogP contribution in [-0.2, 0) is 0 Å². The molecule has 2 fully saturated rings. The zero-order valence-corrected chi connectivity index (χ0v) is 16.2. The number of amides is 2. The maximum atomic E-state index is 12.6. The number of likely N-dealkylation sites (tertiary alicyclic amines) is 1. The molecule has 0 saturated carbocycles. The summed E-state index contributed by atoms with van der Waals surface area (Å²) in [7, 11) is 0. The Bertz CT molecular complexity index is 755. The normalized spacial score (nSPS) is 21.5. The van der Waals surface area contributed by atoms with Gasteiger partial charge in [0.15, 0.2) is 0 Å². The Morgan fingerprint density at radius 2 is 2.04 bits per heavy atom. The number of hydrogen-bond acceptors (Lipinski definition) is 5. The number of benzene rings is 1. The smallest absolute Gasteiger partial charge is 0.317 e. The minimum atomic E-state index is 0.0936. The quantitative estimate of drug-likeness (QED) is 0.895. The van der Waals surface area contributed by atoms with E-state index in [-0.39, 0.29) is 6.03 Å². The van der Waals surface area contributed by atoms with E-state index < -0.39 is 0 Å². The van der Waals surface area contributed by atoms with Gasteiger partial charge in [-0.2, -0.15) is 4.37 Å². The van der Waals surface area contributed by atoms with Crippen molar-refractivity contribution in [2.24, 2.45) is 0 Å².